The second kappa shape index (κ2) is 8.80. The molecule has 0 fully saturated rings. The van der Waals surface area contributed by atoms with E-state index >= 15 is 0 Å². The Morgan fingerprint density at radius 3 is 2.68 bits per heavy atom. The van der Waals surface area contributed by atoms with Gasteiger partial charge in [0.2, 0.25) is 0 Å². The van der Waals surface area contributed by atoms with E-state index < -0.39 is 6.10 Å². The largest absolute Gasteiger partial charge is 0.491 e. The number of benzene rings is 2. The molecule has 0 saturated heterocycles. The maximum absolute atomic E-state index is 12.9. The second-order valence-corrected chi connectivity index (χ2v) is 7.89. The molecule has 34 heavy (non-hydrogen) atoms. The molecule has 1 atom stereocenters. The zero-order valence-electron chi connectivity index (χ0n) is 18.2. The van der Waals surface area contributed by atoms with Crippen molar-refractivity contribution < 1.29 is 14.6 Å². The van der Waals surface area contributed by atoms with Gasteiger partial charge in [0.15, 0.2) is 0 Å². The maximum Gasteiger partial charge on any atom is 0.272 e. The Labute approximate surface area is 193 Å². The summed E-state index contributed by atoms with van der Waals surface area (Å²) < 4.78 is 7.12. The Bertz CT molecular complexity index is 1550. The van der Waals surface area contributed by atoms with E-state index in [1.165, 1.54) is 6.20 Å². The lowest BCUT2D eigenvalue weighted by atomic mass is 10.0. The standard InChI is InChI=1S/C25H21N5O4/c1-15(31)14-34-18-10-11-30-22(12-18)21(13-26-30)24(32)27-17-8-6-16(7-9-17)23-19-4-2-3-5-20(19)25(33)29-28-23/h2-13,15,31H,14H2,1H3,(H,27,32)(H,29,33). The van der Waals surface area contributed by atoms with Crippen molar-refractivity contribution in [2.75, 3.05) is 11.9 Å². The van der Waals surface area contributed by atoms with Crippen molar-refractivity contribution in [1.29, 1.82) is 0 Å². The molecule has 0 spiro atoms. The molecule has 3 N–H and O–H groups in total. The number of carbonyl (C=O) groups excluding carboxylic acids is 1. The number of nitrogens with zero attached hydrogens (tertiary/aromatic N) is 3. The van der Waals surface area contributed by atoms with Crippen LogP contribution in [-0.2, 0) is 0 Å². The van der Waals surface area contributed by atoms with Crippen LogP contribution in [0.3, 0.4) is 0 Å². The smallest absolute Gasteiger partial charge is 0.272 e. The van der Waals surface area contributed by atoms with Crippen molar-refractivity contribution in [3.63, 3.8) is 0 Å². The fraction of sp³-hybridized carbons (Fsp3) is 0.120. The monoisotopic (exact) mass is 455 g/mol. The molecule has 3 aromatic heterocycles. The van der Waals surface area contributed by atoms with Gasteiger partial charge in [-0.2, -0.15) is 10.2 Å². The number of nitrogens with one attached hydrogen (secondary N) is 2. The molecule has 5 aromatic rings. The van der Waals surface area contributed by atoms with E-state index in [1.807, 2.05) is 30.3 Å². The maximum atomic E-state index is 12.9. The third-order valence-electron chi connectivity index (χ3n) is 5.34. The molecule has 0 radical (unpaired) electrons. The Kier molecular flexibility index (Phi) is 5.52. The summed E-state index contributed by atoms with van der Waals surface area (Å²) in [6.07, 6.45) is 2.59. The topological polar surface area (TPSA) is 122 Å². The number of H-pyrrole nitrogens is 1. The number of ether oxygens (including phenoxy) is 1. The van der Waals surface area contributed by atoms with Gasteiger partial charge in [0.25, 0.3) is 11.5 Å². The second-order valence-electron chi connectivity index (χ2n) is 7.89. The number of hydrogen-bond acceptors (Lipinski definition) is 6. The highest BCUT2D eigenvalue weighted by atomic mass is 16.5. The number of pyridine rings is 1. The molecule has 3 heterocycles. The van der Waals surface area contributed by atoms with Crippen LogP contribution < -0.4 is 15.6 Å². The van der Waals surface area contributed by atoms with Crippen molar-refractivity contribution in [2.24, 2.45) is 0 Å². The van der Waals surface area contributed by atoms with Crippen molar-refractivity contribution in [3.8, 4) is 17.0 Å². The highest BCUT2D eigenvalue weighted by Gasteiger charge is 2.15. The van der Waals surface area contributed by atoms with Crippen LogP contribution in [0.1, 0.15) is 17.3 Å². The first-order chi connectivity index (χ1) is 16.5. The molecule has 0 aliphatic heterocycles. The molecule has 0 bridgehead atoms. The summed E-state index contributed by atoms with van der Waals surface area (Å²) in [4.78, 5) is 25.0. The van der Waals surface area contributed by atoms with Crippen LogP contribution in [0.5, 0.6) is 5.75 Å². The lowest BCUT2D eigenvalue weighted by Gasteiger charge is -2.09. The van der Waals surface area contributed by atoms with Crippen LogP contribution in [0.15, 0.2) is 77.9 Å². The molecule has 9 heteroatoms. The average molecular weight is 455 g/mol. The molecule has 170 valence electrons. The van der Waals surface area contributed by atoms with Crippen molar-refractivity contribution in [3.05, 3.63) is 89.0 Å². The van der Waals surface area contributed by atoms with Gasteiger partial charge in [-0.25, -0.2) is 9.61 Å². The molecule has 1 unspecified atom stereocenters. The van der Waals surface area contributed by atoms with Gasteiger partial charge in [0, 0.05) is 28.9 Å². The summed E-state index contributed by atoms with van der Waals surface area (Å²) in [5.74, 6) is 0.218. The van der Waals surface area contributed by atoms with E-state index in [1.54, 1.807) is 48.0 Å². The van der Waals surface area contributed by atoms with Gasteiger partial charge >= 0.3 is 0 Å². The zero-order chi connectivity index (χ0) is 23.7. The van der Waals surface area contributed by atoms with Crippen molar-refractivity contribution in [1.82, 2.24) is 19.8 Å². The first-order valence-corrected chi connectivity index (χ1v) is 10.7. The Morgan fingerprint density at radius 1 is 1.15 bits per heavy atom. The summed E-state index contributed by atoms with van der Waals surface area (Å²) in [5, 5.41) is 24.6. The van der Waals surface area contributed by atoms with Crippen molar-refractivity contribution in [2.45, 2.75) is 13.0 Å². The third-order valence-corrected chi connectivity index (χ3v) is 5.34. The number of rotatable bonds is 6. The summed E-state index contributed by atoms with van der Waals surface area (Å²) in [6.45, 7) is 1.79. The van der Waals surface area contributed by atoms with Crippen LogP contribution >= 0.6 is 0 Å². The summed E-state index contributed by atoms with van der Waals surface area (Å²) in [7, 11) is 0. The number of carbonyl (C=O) groups is 1. The summed E-state index contributed by atoms with van der Waals surface area (Å²) in [5.41, 5.74) is 2.79. The van der Waals surface area contributed by atoms with Gasteiger partial charge < -0.3 is 15.2 Å². The van der Waals surface area contributed by atoms with Crippen LogP contribution in [-0.4, -0.2) is 43.5 Å². The number of aliphatic hydroxyl groups is 1. The third kappa shape index (κ3) is 4.12. The van der Waals surface area contributed by atoms with E-state index in [0.29, 0.717) is 33.6 Å². The van der Waals surface area contributed by atoms with E-state index in [0.717, 1.165) is 10.9 Å². The average Bonchev–Trinajstić information content (AvgIpc) is 3.27. The first kappa shape index (κ1) is 21.4. The predicted octanol–water partition coefficient (Wildman–Crippen LogP) is 3.25. The van der Waals surface area contributed by atoms with Crippen LogP contribution in [0.4, 0.5) is 5.69 Å². The van der Waals surface area contributed by atoms with E-state index in [-0.39, 0.29) is 18.1 Å². The van der Waals surface area contributed by atoms with Crippen LogP contribution in [0.25, 0.3) is 27.5 Å². The molecule has 5 rings (SSSR count). The highest BCUT2D eigenvalue weighted by Crippen LogP contribution is 2.26. The molecular formula is C25H21N5O4. The van der Waals surface area contributed by atoms with Gasteiger partial charge in [-0.15, -0.1) is 0 Å². The molecule has 2 aromatic carbocycles. The Morgan fingerprint density at radius 2 is 1.91 bits per heavy atom. The van der Waals surface area contributed by atoms with Gasteiger partial charge in [0.1, 0.15) is 12.4 Å². The number of fused-ring (bicyclic) bond motifs is 2. The minimum Gasteiger partial charge on any atom is -0.491 e. The van der Waals surface area contributed by atoms with Gasteiger partial charge in [-0.05, 0) is 31.2 Å². The molecule has 0 aliphatic rings. The Hall–Kier alpha value is -4.50. The lowest BCUT2D eigenvalue weighted by molar-refractivity contribution is 0.102. The number of amides is 1. The number of hydrogen-bond donors (Lipinski definition) is 3. The fourth-order valence-electron chi connectivity index (χ4n) is 3.69. The van der Waals surface area contributed by atoms with E-state index in [9.17, 15) is 14.7 Å². The van der Waals surface area contributed by atoms with E-state index in [2.05, 4.69) is 20.6 Å². The van der Waals surface area contributed by atoms with Crippen molar-refractivity contribution >= 4 is 27.9 Å². The first-order valence-electron chi connectivity index (χ1n) is 10.7. The number of aromatic nitrogens is 4. The summed E-state index contributed by atoms with van der Waals surface area (Å²) in [6, 6.07) is 17.9. The molecule has 9 nitrogen and oxygen atoms in total. The molecule has 0 saturated carbocycles. The minimum atomic E-state index is -0.601. The number of aliphatic hydroxyl groups excluding tert-OH is 1. The van der Waals surface area contributed by atoms with Gasteiger partial charge in [-0.3, -0.25) is 9.59 Å². The quantitative estimate of drug-likeness (QED) is 0.361. The van der Waals surface area contributed by atoms with Gasteiger partial charge in [-0.1, -0.05) is 30.3 Å². The molecule has 0 aliphatic carbocycles. The van der Waals surface area contributed by atoms with Crippen LogP contribution in [0.2, 0.25) is 0 Å². The fourth-order valence-corrected chi connectivity index (χ4v) is 3.69. The Balaban J connectivity index is 1.38. The predicted molar refractivity (Wildman–Crippen MR) is 128 cm³/mol. The molecule has 1 amide bonds. The van der Waals surface area contributed by atoms with Gasteiger partial charge in [0.05, 0.1) is 34.5 Å². The van der Waals surface area contributed by atoms with E-state index in [4.69, 9.17) is 4.74 Å². The zero-order valence-corrected chi connectivity index (χ0v) is 18.2. The lowest BCUT2D eigenvalue weighted by Crippen LogP contribution is -2.13. The van der Waals surface area contributed by atoms with Crippen LogP contribution in [0, 0.1) is 0 Å². The number of anilines is 1. The number of aromatic amines is 1. The SMILES string of the molecule is CC(O)COc1ccn2ncc(C(=O)Nc3ccc(-c4n[nH]c(=O)c5ccccc45)cc3)c2c1. The normalized spacial score (nSPS) is 12.1. The summed E-state index contributed by atoms with van der Waals surface area (Å²) >= 11 is 0. The molecular weight excluding hydrogens is 434 g/mol. The minimum absolute atomic E-state index is 0.150. The highest BCUT2D eigenvalue weighted by molar-refractivity contribution is 6.09.